The second-order valence-corrected chi connectivity index (χ2v) is 5.24. The summed E-state index contributed by atoms with van der Waals surface area (Å²) in [6, 6.07) is 13.1. The predicted molar refractivity (Wildman–Crippen MR) is 73.4 cm³/mol. The molecule has 0 aromatic heterocycles. The van der Waals surface area contributed by atoms with Crippen LogP contribution in [0.25, 0.3) is 0 Å². The van der Waals surface area contributed by atoms with Gasteiger partial charge in [-0.1, -0.05) is 18.2 Å². The van der Waals surface area contributed by atoms with E-state index in [1.54, 1.807) is 18.2 Å². The number of benzene rings is 2. The number of hydrogen-bond acceptors (Lipinski definition) is 5. The van der Waals surface area contributed by atoms with Crippen molar-refractivity contribution in [2.75, 3.05) is 7.11 Å². The van der Waals surface area contributed by atoms with Crippen LogP contribution in [0.15, 0.2) is 63.7 Å². The van der Waals surface area contributed by atoms with E-state index >= 15 is 0 Å². The summed E-state index contributed by atoms with van der Waals surface area (Å²) in [5.74, 6) is 0.0474. The summed E-state index contributed by atoms with van der Waals surface area (Å²) in [6.45, 7) is 0. The van der Waals surface area contributed by atoms with E-state index in [2.05, 4.69) is 10.2 Å². The minimum Gasteiger partial charge on any atom is -0.495 e. The number of hydrogen-bond donors (Lipinski definition) is 1. The van der Waals surface area contributed by atoms with Crippen LogP contribution in [0.1, 0.15) is 0 Å². The van der Waals surface area contributed by atoms with Crippen molar-refractivity contribution in [1.82, 2.24) is 0 Å². The van der Waals surface area contributed by atoms with Crippen molar-refractivity contribution >= 4 is 21.5 Å². The van der Waals surface area contributed by atoms with Crippen LogP contribution in [0, 0.1) is 0 Å². The number of rotatable bonds is 4. The molecule has 20 heavy (non-hydrogen) atoms. The average molecular weight is 292 g/mol. The van der Waals surface area contributed by atoms with Crippen LogP contribution in [0.3, 0.4) is 0 Å². The van der Waals surface area contributed by atoms with Crippen molar-refractivity contribution in [3.8, 4) is 5.75 Å². The Balaban J connectivity index is 2.37. The van der Waals surface area contributed by atoms with Crippen LogP contribution in [0.2, 0.25) is 0 Å². The van der Waals surface area contributed by atoms with Crippen LogP contribution < -0.4 is 4.74 Å². The molecule has 104 valence electrons. The zero-order valence-electron chi connectivity index (χ0n) is 10.6. The van der Waals surface area contributed by atoms with Crippen LogP contribution in [0.4, 0.5) is 11.4 Å². The van der Waals surface area contributed by atoms with E-state index in [9.17, 15) is 8.42 Å². The highest BCUT2D eigenvalue weighted by Crippen LogP contribution is 2.29. The maximum Gasteiger partial charge on any atom is 0.298 e. The Labute approximate surface area is 116 Å². The summed E-state index contributed by atoms with van der Waals surface area (Å²) >= 11 is 0. The first-order valence-electron chi connectivity index (χ1n) is 5.63. The number of methoxy groups -OCH3 is 1. The molecule has 6 nitrogen and oxygen atoms in total. The number of nitrogens with zero attached hydrogens (tertiary/aromatic N) is 2. The van der Waals surface area contributed by atoms with Crippen molar-refractivity contribution in [1.29, 1.82) is 0 Å². The smallest absolute Gasteiger partial charge is 0.298 e. The highest BCUT2D eigenvalue weighted by molar-refractivity contribution is 7.86. The van der Waals surface area contributed by atoms with Crippen molar-refractivity contribution in [3.63, 3.8) is 0 Å². The Morgan fingerprint density at radius 3 is 2.25 bits per heavy atom. The Kier molecular flexibility index (Phi) is 4.11. The van der Waals surface area contributed by atoms with Crippen molar-refractivity contribution in [3.05, 3.63) is 48.5 Å². The largest absolute Gasteiger partial charge is 0.495 e. The lowest BCUT2D eigenvalue weighted by atomic mass is 10.3. The van der Waals surface area contributed by atoms with E-state index in [0.29, 0.717) is 11.4 Å². The van der Waals surface area contributed by atoms with Gasteiger partial charge in [0.1, 0.15) is 10.6 Å². The highest BCUT2D eigenvalue weighted by Gasteiger charge is 2.16. The van der Waals surface area contributed by atoms with Gasteiger partial charge in [-0.3, -0.25) is 4.55 Å². The van der Waals surface area contributed by atoms with Crippen LogP contribution in [0.5, 0.6) is 5.75 Å². The lowest BCUT2D eigenvalue weighted by Gasteiger charge is -2.05. The molecule has 0 atom stereocenters. The first kappa shape index (κ1) is 14.2. The quantitative estimate of drug-likeness (QED) is 0.691. The molecule has 0 aliphatic heterocycles. The van der Waals surface area contributed by atoms with Crippen LogP contribution in [-0.4, -0.2) is 20.1 Å². The second-order valence-electron chi connectivity index (χ2n) is 3.85. The molecule has 0 bridgehead atoms. The number of azo groups is 1. The van der Waals surface area contributed by atoms with Crippen molar-refractivity contribution in [2.24, 2.45) is 10.2 Å². The fraction of sp³-hybridized carbons (Fsp3) is 0.0769. The Hall–Kier alpha value is -2.25. The molecule has 0 fully saturated rings. The third-order valence-corrected chi connectivity index (χ3v) is 3.34. The molecule has 2 aromatic rings. The van der Waals surface area contributed by atoms with Gasteiger partial charge in [0.2, 0.25) is 0 Å². The van der Waals surface area contributed by atoms with Gasteiger partial charge >= 0.3 is 0 Å². The molecule has 0 radical (unpaired) electrons. The molecule has 2 rings (SSSR count). The van der Waals surface area contributed by atoms with Gasteiger partial charge in [0.25, 0.3) is 10.1 Å². The summed E-state index contributed by atoms with van der Waals surface area (Å²) < 4.78 is 36.5. The van der Waals surface area contributed by atoms with E-state index in [4.69, 9.17) is 9.29 Å². The molecule has 7 heteroatoms. The van der Waals surface area contributed by atoms with E-state index in [-0.39, 0.29) is 10.6 Å². The van der Waals surface area contributed by atoms with Crippen molar-refractivity contribution < 1.29 is 17.7 Å². The monoisotopic (exact) mass is 292 g/mol. The molecule has 0 saturated heterocycles. The average Bonchev–Trinajstić information content (AvgIpc) is 2.45. The van der Waals surface area contributed by atoms with Gasteiger partial charge in [-0.2, -0.15) is 18.6 Å². The maximum absolute atomic E-state index is 11.2. The Morgan fingerprint density at radius 1 is 1.00 bits per heavy atom. The summed E-state index contributed by atoms with van der Waals surface area (Å²) in [7, 11) is -3.06. The second kappa shape index (κ2) is 5.81. The minimum atomic E-state index is -4.38. The van der Waals surface area contributed by atoms with Gasteiger partial charge in [-0.25, -0.2) is 0 Å². The predicted octanol–water partition coefficient (Wildman–Crippen LogP) is 3.36. The van der Waals surface area contributed by atoms with E-state index in [0.717, 1.165) is 0 Å². The van der Waals surface area contributed by atoms with E-state index in [1.807, 2.05) is 18.2 Å². The summed E-state index contributed by atoms with van der Waals surface area (Å²) in [6.07, 6.45) is 0. The highest BCUT2D eigenvalue weighted by atomic mass is 32.2. The zero-order valence-corrected chi connectivity index (χ0v) is 11.4. The third-order valence-electron chi connectivity index (χ3n) is 2.46. The summed E-state index contributed by atoms with van der Waals surface area (Å²) in [5.41, 5.74) is 0.930. The number of ether oxygens (including phenoxy) is 1. The minimum absolute atomic E-state index is 0.0474. The molecule has 2 aromatic carbocycles. The molecule has 0 heterocycles. The molecule has 0 saturated carbocycles. The normalized spacial score (nSPS) is 11.7. The van der Waals surface area contributed by atoms with Crippen molar-refractivity contribution in [2.45, 2.75) is 4.90 Å². The summed E-state index contributed by atoms with van der Waals surface area (Å²) in [4.78, 5) is -0.343. The van der Waals surface area contributed by atoms with Gasteiger partial charge in [0, 0.05) is 0 Å². The lowest BCUT2D eigenvalue weighted by Crippen LogP contribution is -2.00. The van der Waals surface area contributed by atoms with Crippen LogP contribution >= 0.6 is 0 Å². The fourth-order valence-electron chi connectivity index (χ4n) is 1.54. The molecular weight excluding hydrogens is 280 g/mol. The molecule has 0 spiro atoms. The van der Waals surface area contributed by atoms with Gasteiger partial charge in [-0.15, -0.1) is 0 Å². The Morgan fingerprint density at radius 2 is 1.65 bits per heavy atom. The molecule has 0 amide bonds. The van der Waals surface area contributed by atoms with E-state index < -0.39 is 10.1 Å². The zero-order chi connectivity index (χ0) is 14.6. The summed E-state index contributed by atoms with van der Waals surface area (Å²) in [5, 5.41) is 7.88. The first-order valence-corrected chi connectivity index (χ1v) is 7.07. The lowest BCUT2D eigenvalue weighted by molar-refractivity contribution is 0.397. The molecule has 0 aliphatic carbocycles. The van der Waals surface area contributed by atoms with Crippen LogP contribution in [-0.2, 0) is 10.1 Å². The molecule has 1 N–H and O–H groups in total. The van der Waals surface area contributed by atoms with E-state index in [1.165, 1.54) is 19.2 Å². The standard InChI is InChI=1S/C13H12N2O4S/c1-19-12-8-7-11(9-13(12)20(16,17)18)15-14-10-5-3-2-4-6-10/h2-9H,1H3,(H,16,17,18). The van der Waals surface area contributed by atoms with Gasteiger partial charge in [0.15, 0.2) is 0 Å². The molecule has 0 aliphatic rings. The topological polar surface area (TPSA) is 88.3 Å². The first-order chi connectivity index (χ1) is 9.50. The van der Waals surface area contributed by atoms with Gasteiger partial charge in [-0.05, 0) is 30.3 Å². The fourth-order valence-corrected chi connectivity index (χ4v) is 2.21. The molecular formula is C13H12N2O4S. The maximum atomic E-state index is 11.2. The van der Waals surface area contributed by atoms with Gasteiger partial charge < -0.3 is 4.74 Å². The Bertz CT molecular complexity index is 727. The molecule has 0 unspecified atom stereocenters. The third kappa shape index (κ3) is 3.40. The SMILES string of the molecule is COc1ccc(N=Nc2ccccc2)cc1S(=O)(=O)O. The van der Waals surface area contributed by atoms with Gasteiger partial charge in [0.05, 0.1) is 18.5 Å².